The number of benzene rings is 1. The first-order valence-corrected chi connectivity index (χ1v) is 10.1. The lowest BCUT2D eigenvalue weighted by molar-refractivity contribution is -0.137. The summed E-state index contributed by atoms with van der Waals surface area (Å²) in [5.41, 5.74) is -0.601. The van der Waals surface area contributed by atoms with Crippen LogP contribution in [0.25, 0.3) is 0 Å². The molecule has 0 radical (unpaired) electrons. The fourth-order valence-corrected chi connectivity index (χ4v) is 4.06. The van der Waals surface area contributed by atoms with Crippen molar-refractivity contribution in [2.75, 3.05) is 18.6 Å². The molecule has 0 aliphatic carbocycles. The Bertz CT molecular complexity index is 617. The molecule has 1 aromatic carbocycles. The van der Waals surface area contributed by atoms with Gasteiger partial charge in [-0.2, -0.15) is 24.9 Å². The van der Waals surface area contributed by atoms with E-state index in [0.717, 1.165) is 29.9 Å². The Morgan fingerprint density at radius 1 is 1.35 bits per heavy atom. The summed E-state index contributed by atoms with van der Waals surface area (Å²) in [4.78, 5) is 12.4. The zero-order valence-electron chi connectivity index (χ0n) is 15.0. The van der Waals surface area contributed by atoms with E-state index in [1.54, 1.807) is 32.5 Å². The molecule has 1 aliphatic heterocycles. The van der Waals surface area contributed by atoms with Crippen molar-refractivity contribution in [3.8, 4) is 0 Å². The topological polar surface area (TPSA) is 38.8 Å². The van der Waals surface area contributed by atoms with Gasteiger partial charge in [0.1, 0.15) is 17.8 Å². The van der Waals surface area contributed by atoms with Crippen molar-refractivity contribution in [1.82, 2.24) is 4.31 Å². The Hall–Kier alpha value is -1.06. The quantitative estimate of drug-likeness (QED) is 0.495. The number of alkyl halides is 3. The lowest BCUT2D eigenvalue weighted by Gasteiger charge is -2.30. The van der Waals surface area contributed by atoms with E-state index in [2.05, 4.69) is 0 Å². The van der Waals surface area contributed by atoms with Gasteiger partial charge < -0.3 is 4.74 Å². The Labute approximate surface area is 160 Å². The minimum atomic E-state index is -4.37. The van der Waals surface area contributed by atoms with Gasteiger partial charge in [0, 0.05) is 11.7 Å². The van der Waals surface area contributed by atoms with Gasteiger partial charge in [0.05, 0.1) is 18.2 Å². The molecule has 0 unspecified atom stereocenters. The van der Waals surface area contributed by atoms with E-state index >= 15 is 0 Å². The smallest absolute Gasteiger partial charge is 0.422 e. The first-order valence-electron chi connectivity index (χ1n) is 8.01. The van der Waals surface area contributed by atoms with Crippen LogP contribution in [0.3, 0.4) is 0 Å². The van der Waals surface area contributed by atoms with Gasteiger partial charge in [-0.1, -0.05) is 12.1 Å². The summed E-state index contributed by atoms with van der Waals surface area (Å²) in [6.07, 6.45) is -2.97. The third-order valence-electron chi connectivity index (χ3n) is 3.72. The number of hydrogen-bond donors (Lipinski definition) is 0. The highest BCUT2D eigenvalue weighted by Crippen LogP contribution is 2.38. The van der Waals surface area contributed by atoms with Crippen molar-refractivity contribution in [3.05, 3.63) is 35.4 Å². The van der Waals surface area contributed by atoms with Crippen molar-refractivity contribution < 1.29 is 26.9 Å². The summed E-state index contributed by atoms with van der Waals surface area (Å²) in [5.74, 6) is 0.467. The fourth-order valence-electron chi connectivity index (χ4n) is 2.56. The van der Waals surface area contributed by atoms with E-state index in [9.17, 15) is 18.0 Å². The highest BCUT2D eigenvalue weighted by atomic mass is 32.2. The van der Waals surface area contributed by atoms with E-state index in [4.69, 9.17) is 8.92 Å². The summed E-state index contributed by atoms with van der Waals surface area (Å²) in [7, 11) is 0. The SMILES string of the molecule is CSC[C@@H](c1ccc(C(F)(F)F)cc1)[C@H]1COSN1C(=O)OC(C)(C)C. The standard InChI is InChI=1S/C17H22F3NO3S2/c1-16(2,3)24-15(22)21-14(9-23-26-21)13(10-25-4)11-5-7-12(8-6-11)17(18,19)20/h5-8,13-14H,9-10H2,1-4H3/t13-,14+/m0/s1. The second-order valence-corrected chi connectivity index (χ2v) is 8.60. The number of thioether (sulfide) groups is 1. The van der Waals surface area contributed by atoms with Crippen LogP contribution in [-0.2, 0) is 15.1 Å². The molecular formula is C17H22F3NO3S2. The molecule has 1 fully saturated rings. The van der Waals surface area contributed by atoms with Crippen LogP contribution in [0.15, 0.2) is 24.3 Å². The van der Waals surface area contributed by atoms with Gasteiger partial charge >= 0.3 is 12.3 Å². The summed E-state index contributed by atoms with van der Waals surface area (Å²) in [5, 5.41) is 0. The second-order valence-electron chi connectivity index (χ2n) is 6.91. The molecule has 0 saturated carbocycles. The fraction of sp³-hybridized carbons (Fsp3) is 0.588. The summed E-state index contributed by atoms with van der Waals surface area (Å²) in [6, 6.07) is 4.77. The van der Waals surface area contributed by atoms with Crippen LogP contribution < -0.4 is 0 Å². The molecule has 9 heteroatoms. The second kappa shape index (κ2) is 8.31. The first kappa shape index (κ1) is 21.2. The lowest BCUT2D eigenvalue weighted by atomic mass is 9.92. The van der Waals surface area contributed by atoms with Crippen LogP contribution in [0.4, 0.5) is 18.0 Å². The number of ether oxygens (including phenoxy) is 1. The number of hydrogen-bond acceptors (Lipinski definition) is 5. The third kappa shape index (κ3) is 5.47. The molecule has 2 rings (SSSR count). The molecule has 0 spiro atoms. The van der Waals surface area contributed by atoms with E-state index in [0.29, 0.717) is 5.75 Å². The van der Waals surface area contributed by atoms with Gasteiger partial charge in [0.15, 0.2) is 0 Å². The van der Waals surface area contributed by atoms with E-state index in [-0.39, 0.29) is 18.6 Å². The Morgan fingerprint density at radius 3 is 2.46 bits per heavy atom. The van der Waals surface area contributed by atoms with Gasteiger partial charge in [0.2, 0.25) is 0 Å². The zero-order chi connectivity index (χ0) is 19.5. The zero-order valence-corrected chi connectivity index (χ0v) is 16.6. The van der Waals surface area contributed by atoms with Crippen LogP contribution in [0.1, 0.15) is 37.8 Å². The number of halogens is 3. The maximum Gasteiger partial charge on any atom is 0.422 e. The first-order chi connectivity index (χ1) is 12.0. The largest absolute Gasteiger partial charge is 0.443 e. The summed E-state index contributed by atoms with van der Waals surface area (Å²) < 4.78 is 50.6. The van der Waals surface area contributed by atoms with Gasteiger partial charge in [-0.3, -0.25) is 4.18 Å². The van der Waals surface area contributed by atoms with Crippen LogP contribution in [0.2, 0.25) is 0 Å². The molecule has 0 bridgehead atoms. The Morgan fingerprint density at radius 2 is 1.96 bits per heavy atom. The summed E-state index contributed by atoms with van der Waals surface area (Å²) >= 11 is 2.49. The van der Waals surface area contributed by atoms with Crippen molar-refractivity contribution in [3.63, 3.8) is 0 Å². The molecule has 4 nitrogen and oxygen atoms in total. The molecule has 1 heterocycles. The molecule has 1 saturated heterocycles. The molecule has 0 N–H and O–H groups in total. The molecule has 1 aliphatic rings. The molecule has 1 amide bonds. The predicted molar refractivity (Wildman–Crippen MR) is 98.0 cm³/mol. The average Bonchev–Trinajstić information content (AvgIpc) is 2.99. The monoisotopic (exact) mass is 409 g/mol. The molecular weight excluding hydrogens is 387 g/mol. The van der Waals surface area contributed by atoms with Crippen molar-refractivity contribution >= 4 is 30.1 Å². The Kier molecular flexibility index (Phi) is 6.79. The average molecular weight is 409 g/mol. The van der Waals surface area contributed by atoms with E-state index < -0.39 is 23.4 Å². The van der Waals surface area contributed by atoms with Gasteiger partial charge in [0.25, 0.3) is 0 Å². The number of amides is 1. The van der Waals surface area contributed by atoms with Crippen molar-refractivity contribution in [2.24, 2.45) is 0 Å². The maximum atomic E-state index is 12.8. The lowest BCUT2D eigenvalue weighted by Crippen LogP contribution is -2.41. The van der Waals surface area contributed by atoms with Crippen molar-refractivity contribution in [2.45, 2.75) is 44.5 Å². The normalized spacial score (nSPS) is 19.5. The molecule has 0 aromatic heterocycles. The number of carbonyl (C=O) groups is 1. The van der Waals surface area contributed by atoms with E-state index in [1.807, 2.05) is 6.26 Å². The molecule has 146 valence electrons. The molecule has 26 heavy (non-hydrogen) atoms. The van der Waals surface area contributed by atoms with Crippen LogP contribution >= 0.6 is 24.0 Å². The third-order valence-corrected chi connectivity index (χ3v) is 5.24. The number of nitrogens with zero attached hydrogens (tertiary/aromatic N) is 1. The number of rotatable bonds is 4. The summed E-state index contributed by atoms with van der Waals surface area (Å²) in [6.45, 7) is 5.61. The number of carbonyl (C=O) groups excluding carboxylic acids is 1. The highest BCUT2D eigenvalue weighted by Gasteiger charge is 2.40. The van der Waals surface area contributed by atoms with Gasteiger partial charge in [-0.25, -0.2) is 9.10 Å². The van der Waals surface area contributed by atoms with Gasteiger partial charge in [-0.05, 0) is 44.7 Å². The molecule has 1 aromatic rings. The van der Waals surface area contributed by atoms with Crippen LogP contribution in [0, 0.1) is 0 Å². The van der Waals surface area contributed by atoms with Crippen molar-refractivity contribution in [1.29, 1.82) is 0 Å². The minimum Gasteiger partial charge on any atom is -0.443 e. The Balaban J connectivity index is 2.23. The maximum absolute atomic E-state index is 12.8. The van der Waals surface area contributed by atoms with Crippen LogP contribution in [0.5, 0.6) is 0 Å². The minimum absolute atomic E-state index is 0.171. The highest BCUT2D eigenvalue weighted by molar-refractivity contribution is 7.98. The van der Waals surface area contributed by atoms with Gasteiger partial charge in [-0.15, -0.1) is 0 Å². The van der Waals surface area contributed by atoms with Crippen LogP contribution in [-0.4, -0.2) is 40.7 Å². The molecule has 2 atom stereocenters. The van der Waals surface area contributed by atoms with E-state index in [1.165, 1.54) is 16.4 Å². The predicted octanol–water partition coefficient (Wildman–Crippen LogP) is 5.35.